The van der Waals surface area contributed by atoms with Crippen LogP contribution in [0, 0.1) is 12.7 Å². The molecule has 186 valence electrons. The van der Waals surface area contributed by atoms with Gasteiger partial charge in [0.15, 0.2) is 5.65 Å². The Morgan fingerprint density at radius 1 is 1.22 bits per heavy atom. The Balaban J connectivity index is 1.64. The van der Waals surface area contributed by atoms with Crippen molar-refractivity contribution < 1.29 is 13.9 Å². The first-order valence-corrected chi connectivity index (χ1v) is 12.4. The van der Waals surface area contributed by atoms with Crippen molar-refractivity contribution in [1.29, 1.82) is 0 Å². The first-order chi connectivity index (χ1) is 17.1. The van der Waals surface area contributed by atoms with Crippen LogP contribution in [0.2, 0.25) is 10.0 Å². The number of rotatable bonds is 3. The summed E-state index contributed by atoms with van der Waals surface area (Å²) in [4.78, 5) is 18.4. The Morgan fingerprint density at radius 3 is 2.72 bits per heavy atom. The highest BCUT2D eigenvalue weighted by Gasteiger charge is 2.31. The van der Waals surface area contributed by atoms with Gasteiger partial charge in [-0.25, -0.2) is 13.9 Å². The molecule has 1 aliphatic heterocycles. The maximum Gasteiger partial charge on any atom is 0.253 e. The quantitative estimate of drug-likeness (QED) is 0.301. The number of benzene rings is 2. The van der Waals surface area contributed by atoms with Crippen LogP contribution in [0.4, 0.5) is 4.39 Å². The zero-order valence-electron chi connectivity index (χ0n) is 20.3. The third-order valence-corrected chi connectivity index (χ3v) is 7.13. The molecule has 2 aromatic carbocycles. The Kier molecular flexibility index (Phi) is 6.17. The smallest absolute Gasteiger partial charge is 0.253 e. The van der Waals surface area contributed by atoms with Crippen LogP contribution >= 0.6 is 23.2 Å². The van der Waals surface area contributed by atoms with Crippen LogP contribution in [0.25, 0.3) is 16.9 Å². The molecule has 5 rings (SSSR count). The number of hydrogen-bond acceptors (Lipinski definition) is 4. The Hall–Kier alpha value is -3.16. The normalized spacial score (nSPS) is 15.5. The van der Waals surface area contributed by atoms with Crippen molar-refractivity contribution in [3.63, 3.8) is 0 Å². The summed E-state index contributed by atoms with van der Waals surface area (Å²) in [6, 6.07) is 10.00. The molecule has 1 atom stereocenters. The van der Waals surface area contributed by atoms with Crippen molar-refractivity contribution in [2.24, 2.45) is 0 Å². The van der Waals surface area contributed by atoms with Crippen molar-refractivity contribution in [2.45, 2.75) is 45.6 Å². The molecule has 0 radical (unpaired) electrons. The predicted octanol–water partition coefficient (Wildman–Crippen LogP) is 6.70. The van der Waals surface area contributed by atoms with E-state index in [9.17, 15) is 9.18 Å². The first-order valence-electron chi connectivity index (χ1n) is 11.6. The number of nitrogens with zero attached hydrogens (tertiary/aromatic N) is 3. The number of imidazole rings is 1. The van der Waals surface area contributed by atoms with Gasteiger partial charge in [0.1, 0.15) is 11.6 Å². The van der Waals surface area contributed by atoms with E-state index in [0.717, 1.165) is 22.9 Å². The van der Waals surface area contributed by atoms with Gasteiger partial charge in [-0.3, -0.25) is 4.79 Å². The molecule has 0 fully saturated rings. The number of aryl methyl sites for hydroxylation is 1. The number of aromatic nitrogens is 3. The second kappa shape index (κ2) is 9.05. The third kappa shape index (κ3) is 4.20. The largest absolute Gasteiger partial charge is 0.493 e. The molecule has 2 aromatic heterocycles. The number of carbonyl (C=O) groups is 1. The summed E-state index contributed by atoms with van der Waals surface area (Å²) in [7, 11) is 0. The lowest BCUT2D eigenvalue weighted by Crippen LogP contribution is -2.34. The summed E-state index contributed by atoms with van der Waals surface area (Å²) in [6.45, 7) is 8.35. The van der Waals surface area contributed by atoms with Crippen molar-refractivity contribution in [2.75, 3.05) is 6.61 Å². The molecule has 0 saturated carbocycles. The highest BCUT2D eigenvalue weighted by molar-refractivity contribution is 6.43. The standard InChI is InChI=1S/C27H25Cl2FN4O2/c1-14-24(17-11-15(30)12-19(28)23(17)29)34-25(32-14)22(27(2,3)4)18(13-31-34)26(35)33-20-9-10-36-21-8-6-5-7-16(20)21/h5-8,11-13,20H,9-10H2,1-4H3,(H,33,35)/t20-/m0/s1. The molecular formula is C27H25Cl2FN4O2. The van der Waals surface area contributed by atoms with Gasteiger partial charge in [-0.05, 0) is 30.5 Å². The molecule has 36 heavy (non-hydrogen) atoms. The molecule has 1 aliphatic rings. The van der Waals surface area contributed by atoms with Crippen LogP contribution in [-0.4, -0.2) is 27.1 Å². The number of para-hydroxylation sites is 1. The van der Waals surface area contributed by atoms with Gasteiger partial charge in [-0.1, -0.05) is 62.2 Å². The molecule has 3 heterocycles. The van der Waals surface area contributed by atoms with Gasteiger partial charge in [-0.15, -0.1) is 0 Å². The number of ether oxygens (including phenoxy) is 1. The minimum atomic E-state index is -0.516. The molecule has 0 bridgehead atoms. The van der Waals surface area contributed by atoms with Crippen molar-refractivity contribution in [3.8, 4) is 17.0 Å². The minimum absolute atomic E-state index is 0.102. The lowest BCUT2D eigenvalue weighted by Gasteiger charge is -2.28. The maximum atomic E-state index is 14.2. The summed E-state index contributed by atoms with van der Waals surface area (Å²) in [6.07, 6.45) is 2.20. The van der Waals surface area contributed by atoms with Gasteiger partial charge in [0.05, 0.1) is 45.8 Å². The van der Waals surface area contributed by atoms with E-state index in [1.54, 1.807) is 11.4 Å². The maximum absolute atomic E-state index is 14.2. The average molecular weight is 527 g/mol. The van der Waals surface area contributed by atoms with E-state index < -0.39 is 11.2 Å². The molecule has 0 aliphatic carbocycles. The van der Waals surface area contributed by atoms with Gasteiger partial charge in [-0.2, -0.15) is 5.10 Å². The highest BCUT2D eigenvalue weighted by Crippen LogP contribution is 2.39. The van der Waals surface area contributed by atoms with E-state index >= 15 is 0 Å². The summed E-state index contributed by atoms with van der Waals surface area (Å²) >= 11 is 12.6. The van der Waals surface area contributed by atoms with Crippen LogP contribution in [-0.2, 0) is 5.41 Å². The van der Waals surface area contributed by atoms with E-state index in [1.165, 1.54) is 12.3 Å². The number of fused-ring (bicyclic) bond motifs is 2. The molecular weight excluding hydrogens is 502 g/mol. The van der Waals surface area contributed by atoms with Crippen LogP contribution in [0.15, 0.2) is 42.6 Å². The third-order valence-electron chi connectivity index (χ3n) is 6.33. The lowest BCUT2D eigenvalue weighted by molar-refractivity contribution is 0.0922. The number of amides is 1. The molecule has 1 N–H and O–H groups in total. The Bertz CT molecular complexity index is 1510. The fourth-order valence-electron chi connectivity index (χ4n) is 4.77. The average Bonchev–Trinajstić information content (AvgIpc) is 3.15. The van der Waals surface area contributed by atoms with Gasteiger partial charge < -0.3 is 10.1 Å². The molecule has 0 spiro atoms. The zero-order chi connectivity index (χ0) is 25.8. The van der Waals surface area contributed by atoms with E-state index in [4.69, 9.17) is 32.9 Å². The summed E-state index contributed by atoms with van der Waals surface area (Å²) in [5.74, 6) is 0.0148. The van der Waals surface area contributed by atoms with E-state index in [-0.39, 0.29) is 22.0 Å². The van der Waals surface area contributed by atoms with Gasteiger partial charge in [0.2, 0.25) is 0 Å². The molecule has 1 amide bonds. The second-order valence-electron chi connectivity index (χ2n) is 9.91. The Morgan fingerprint density at radius 2 is 1.97 bits per heavy atom. The van der Waals surface area contributed by atoms with Crippen LogP contribution < -0.4 is 10.1 Å². The summed E-state index contributed by atoms with van der Waals surface area (Å²) in [5, 5.41) is 8.03. The number of hydrogen-bond donors (Lipinski definition) is 1. The number of halogens is 3. The van der Waals surface area contributed by atoms with Crippen molar-refractivity contribution in [3.05, 3.63) is 80.8 Å². The van der Waals surface area contributed by atoms with Crippen LogP contribution in [0.5, 0.6) is 5.75 Å². The van der Waals surface area contributed by atoms with Gasteiger partial charge in [0, 0.05) is 23.1 Å². The van der Waals surface area contributed by atoms with Crippen LogP contribution in [0.1, 0.15) is 60.4 Å². The number of nitrogens with one attached hydrogen (secondary N) is 1. The number of carbonyl (C=O) groups excluding carboxylic acids is 1. The molecule has 0 unspecified atom stereocenters. The fourth-order valence-corrected chi connectivity index (χ4v) is 5.17. The van der Waals surface area contributed by atoms with Crippen molar-refractivity contribution in [1.82, 2.24) is 19.9 Å². The molecule has 6 nitrogen and oxygen atoms in total. The predicted molar refractivity (Wildman–Crippen MR) is 139 cm³/mol. The molecule has 9 heteroatoms. The molecule has 4 aromatic rings. The van der Waals surface area contributed by atoms with Gasteiger partial charge >= 0.3 is 0 Å². The zero-order valence-corrected chi connectivity index (χ0v) is 21.8. The molecule has 0 saturated heterocycles. The highest BCUT2D eigenvalue weighted by atomic mass is 35.5. The Labute approximate surface area is 218 Å². The topological polar surface area (TPSA) is 68.5 Å². The van der Waals surface area contributed by atoms with Crippen molar-refractivity contribution >= 4 is 34.8 Å². The van der Waals surface area contributed by atoms with E-state index in [0.29, 0.717) is 41.2 Å². The monoisotopic (exact) mass is 526 g/mol. The van der Waals surface area contributed by atoms with Crippen LogP contribution in [0.3, 0.4) is 0 Å². The van der Waals surface area contributed by atoms with E-state index in [2.05, 4.69) is 10.4 Å². The van der Waals surface area contributed by atoms with E-state index in [1.807, 2.05) is 45.0 Å². The SMILES string of the molecule is Cc1nc2c(C(C)(C)C)c(C(=O)N[C@H]3CCOc4ccccc43)cnn2c1-c1cc(F)cc(Cl)c1Cl. The fraction of sp³-hybridized carbons (Fsp3) is 0.296. The summed E-state index contributed by atoms with van der Waals surface area (Å²) in [5.41, 5.74) is 3.64. The van der Waals surface area contributed by atoms with Gasteiger partial charge in [0.25, 0.3) is 5.91 Å². The lowest BCUT2D eigenvalue weighted by atomic mass is 9.84. The minimum Gasteiger partial charge on any atom is -0.493 e. The summed E-state index contributed by atoms with van der Waals surface area (Å²) < 4.78 is 21.6. The first kappa shape index (κ1) is 24.5. The second-order valence-corrected chi connectivity index (χ2v) is 10.7.